The smallest absolute Gasteiger partial charge is 0.276 e. The number of para-hydroxylation sites is 1. The van der Waals surface area contributed by atoms with Gasteiger partial charge in [-0.15, -0.1) is 10.2 Å². The highest BCUT2D eigenvalue weighted by Gasteiger charge is 2.20. The highest BCUT2D eigenvalue weighted by molar-refractivity contribution is 6.03. The molecule has 1 fully saturated rings. The molecule has 0 bridgehead atoms. The minimum Gasteiger partial charge on any atom is -0.366 e. The van der Waals surface area contributed by atoms with Crippen molar-refractivity contribution >= 4 is 17.4 Å². The van der Waals surface area contributed by atoms with Crippen LogP contribution in [0.4, 0.5) is 11.5 Å². The molecule has 1 amide bonds. The molecule has 1 aromatic carbocycles. The maximum absolute atomic E-state index is 12.5. The van der Waals surface area contributed by atoms with Gasteiger partial charge in [-0.2, -0.15) is 0 Å². The van der Waals surface area contributed by atoms with E-state index < -0.39 is 0 Å². The number of nitrogens with zero attached hydrogens (tertiary/aromatic N) is 2. The average Bonchev–Trinajstić information content (AvgIpc) is 3.08. The normalized spacial score (nSPS) is 15.2. The first-order valence-corrected chi connectivity index (χ1v) is 8.94. The molecule has 2 N–H and O–H groups in total. The number of anilines is 2. The third-order valence-electron chi connectivity index (χ3n) is 4.59. The Bertz CT molecular complexity index is 728. The van der Waals surface area contributed by atoms with E-state index in [0.717, 1.165) is 17.1 Å². The fourth-order valence-corrected chi connectivity index (χ4v) is 3.24. The Balaban J connectivity index is 1.69. The second kappa shape index (κ2) is 7.21. The summed E-state index contributed by atoms with van der Waals surface area (Å²) in [5.41, 5.74) is 2.18. The van der Waals surface area contributed by atoms with Crippen LogP contribution in [-0.4, -0.2) is 22.1 Å². The molecule has 5 nitrogen and oxygen atoms in total. The number of aromatic nitrogens is 2. The average molecular weight is 338 g/mol. The molecule has 5 heteroatoms. The van der Waals surface area contributed by atoms with Gasteiger partial charge < -0.3 is 10.6 Å². The summed E-state index contributed by atoms with van der Waals surface area (Å²) in [4.78, 5) is 12.5. The summed E-state index contributed by atoms with van der Waals surface area (Å²) >= 11 is 0. The van der Waals surface area contributed by atoms with Crippen LogP contribution in [0.1, 0.15) is 62.5 Å². The zero-order valence-electron chi connectivity index (χ0n) is 15.2. The predicted molar refractivity (Wildman–Crippen MR) is 101 cm³/mol. The second-order valence-corrected chi connectivity index (χ2v) is 7.68. The van der Waals surface area contributed by atoms with Gasteiger partial charge in [0.05, 0.1) is 0 Å². The molecule has 1 aliphatic rings. The SMILES string of the molecule is CC(C)(C)c1ccccc1NC(=O)c1ccc(NC2CCCC2)nn1. The molecule has 0 aliphatic heterocycles. The summed E-state index contributed by atoms with van der Waals surface area (Å²) in [6, 6.07) is 11.9. The summed E-state index contributed by atoms with van der Waals surface area (Å²) in [5, 5.41) is 14.6. The van der Waals surface area contributed by atoms with Crippen LogP contribution in [0.2, 0.25) is 0 Å². The van der Waals surface area contributed by atoms with E-state index in [1.54, 1.807) is 6.07 Å². The first kappa shape index (κ1) is 17.4. The van der Waals surface area contributed by atoms with Crippen molar-refractivity contribution < 1.29 is 4.79 Å². The van der Waals surface area contributed by atoms with Gasteiger partial charge in [0.25, 0.3) is 5.91 Å². The lowest BCUT2D eigenvalue weighted by molar-refractivity contribution is 0.102. The summed E-state index contributed by atoms with van der Waals surface area (Å²) in [6.07, 6.45) is 4.87. The van der Waals surface area contributed by atoms with E-state index in [1.807, 2.05) is 30.3 Å². The Hall–Kier alpha value is -2.43. The molecular formula is C20H26N4O. The molecule has 1 saturated carbocycles. The van der Waals surface area contributed by atoms with Crippen molar-refractivity contribution in [1.29, 1.82) is 0 Å². The highest BCUT2D eigenvalue weighted by Crippen LogP contribution is 2.29. The third kappa shape index (κ3) is 4.35. The highest BCUT2D eigenvalue weighted by atomic mass is 16.1. The second-order valence-electron chi connectivity index (χ2n) is 7.68. The van der Waals surface area contributed by atoms with E-state index in [-0.39, 0.29) is 11.3 Å². The van der Waals surface area contributed by atoms with Crippen LogP contribution in [0.3, 0.4) is 0 Å². The summed E-state index contributed by atoms with van der Waals surface area (Å²) in [6.45, 7) is 6.38. The maximum atomic E-state index is 12.5. The third-order valence-corrected chi connectivity index (χ3v) is 4.59. The Morgan fingerprint density at radius 1 is 1.04 bits per heavy atom. The fraction of sp³-hybridized carbons (Fsp3) is 0.450. The zero-order valence-corrected chi connectivity index (χ0v) is 15.2. The molecule has 0 spiro atoms. The van der Waals surface area contributed by atoms with Crippen LogP contribution in [0, 0.1) is 0 Å². The first-order valence-electron chi connectivity index (χ1n) is 8.94. The Kier molecular flexibility index (Phi) is 5.02. The topological polar surface area (TPSA) is 66.9 Å². The molecule has 3 rings (SSSR count). The first-order chi connectivity index (χ1) is 11.9. The van der Waals surface area contributed by atoms with Crippen molar-refractivity contribution in [2.45, 2.75) is 57.9 Å². The minimum absolute atomic E-state index is 0.0510. The van der Waals surface area contributed by atoms with Crippen LogP contribution >= 0.6 is 0 Å². The van der Waals surface area contributed by atoms with Gasteiger partial charge in [-0.05, 0) is 42.0 Å². The molecule has 0 unspecified atom stereocenters. The van der Waals surface area contributed by atoms with Crippen molar-refractivity contribution in [1.82, 2.24) is 10.2 Å². The molecule has 132 valence electrons. The van der Waals surface area contributed by atoms with E-state index in [4.69, 9.17) is 0 Å². The van der Waals surface area contributed by atoms with Crippen molar-refractivity contribution in [3.05, 3.63) is 47.7 Å². The largest absolute Gasteiger partial charge is 0.366 e. The zero-order chi connectivity index (χ0) is 17.9. The number of carbonyl (C=O) groups excluding carboxylic acids is 1. The molecular weight excluding hydrogens is 312 g/mol. The van der Waals surface area contributed by atoms with E-state index >= 15 is 0 Å². The standard InChI is InChI=1S/C20H26N4O/c1-20(2,3)15-10-6-7-11-16(15)22-19(25)17-12-13-18(24-23-17)21-14-8-4-5-9-14/h6-7,10-14H,4-5,8-9H2,1-3H3,(H,21,24)(H,22,25). The van der Waals surface area contributed by atoms with Crippen LogP contribution in [0.25, 0.3) is 0 Å². The van der Waals surface area contributed by atoms with Gasteiger partial charge in [0.2, 0.25) is 0 Å². The molecule has 2 aromatic rings. The van der Waals surface area contributed by atoms with E-state index in [1.165, 1.54) is 25.7 Å². The molecule has 1 aromatic heterocycles. The number of benzene rings is 1. The monoisotopic (exact) mass is 338 g/mol. The lowest BCUT2D eigenvalue weighted by Crippen LogP contribution is -2.20. The van der Waals surface area contributed by atoms with Gasteiger partial charge in [0.15, 0.2) is 5.69 Å². The quantitative estimate of drug-likeness (QED) is 0.868. The molecule has 1 heterocycles. The number of nitrogens with one attached hydrogen (secondary N) is 2. The van der Waals surface area contributed by atoms with E-state index in [2.05, 4.69) is 41.6 Å². The summed E-state index contributed by atoms with van der Waals surface area (Å²) in [7, 11) is 0. The molecule has 25 heavy (non-hydrogen) atoms. The lowest BCUT2D eigenvalue weighted by atomic mass is 9.86. The van der Waals surface area contributed by atoms with Gasteiger partial charge in [0, 0.05) is 11.7 Å². The molecule has 0 saturated heterocycles. The van der Waals surface area contributed by atoms with Gasteiger partial charge in [-0.3, -0.25) is 4.79 Å². The van der Waals surface area contributed by atoms with E-state index in [0.29, 0.717) is 11.7 Å². The number of rotatable bonds is 4. The fourth-order valence-electron chi connectivity index (χ4n) is 3.24. The van der Waals surface area contributed by atoms with Crippen LogP contribution in [-0.2, 0) is 5.41 Å². The maximum Gasteiger partial charge on any atom is 0.276 e. The molecule has 0 radical (unpaired) electrons. The van der Waals surface area contributed by atoms with Gasteiger partial charge >= 0.3 is 0 Å². The van der Waals surface area contributed by atoms with Crippen molar-refractivity contribution in [3.8, 4) is 0 Å². The van der Waals surface area contributed by atoms with Gasteiger partial charge in [-0.25, -0.2) is 0 Å². The van der Waals surface area contributed by atoms with Gasteiger partial charge in [0.1, 0.15) is 5.82 Å². The number of hydrogen-bond donors (Lipinski definition) is 2. The molecule has 1 aliphatic carbocycles. The van der Waals surface area contributed by atoms with Crippen LogP contribution in [0.5, 0.6) is 0 Å². The number of carbonyl (C=O) groups is 1. The number of amides is 1. The van der Waals surface area contributed by atoms with E-state index in [9.17, 15) is 4.79 Å². The Morgan fingerprint density at radius 3 is 2.40 bits per heavy atom. The van der Waals surface area contributed by atoms with Gasteiger partial charge in [-0.1, -0.05) is 51.8 Å². The minimum atomic E-state index is -0.239. The Morgan fingerprint density at radius 2 is 1.76 bits per heavy atom. The van der Waals surface area contributed by atoms with Crippen LogP contribution in [0.15, 0.2) is 36.4 Å². The van der Waals surface area contributed by atoms with Crippen molar-refractivity contribution in [2.75, 3.05) is 10.6 Å². The Labute approximate surface area is 149 Å². The van der Waals surface area contributed by atoms with Crippen molar-refractivity contribution in [2.24, 2.45) is 0 Å². The lowest BCUT2D eigenvalue weighted by Gasteiger charge is -2.22. The van der Waals surface area contributed by atoms with Crippen molar-refractivity contribution in [3.63, 3.8) is 0 Å². The summed E-state index contributed by atoms with van der Waals surface area (Å²) in [5.74, 6) is 0.496. The van der Waals surface area contributed by atoms with Crippen LogP contribution < -0.4 is 10.6 Å². The summed E-state index contributed by atoms with van der Waals surface area (Å²) < 4.78 is 0. The predicted octanol–water partition coefficient (Wildman–Crippen LogP) is 4.38. The number of hydrogen-bond acceptors (Lipinski definition) is 4. The molecule has 0 atom stereocenters.